The second kappa shape index (κ2) is 9.64. The maximum atomic E-state index is 13.2. The molecule has 1 N–H and O–H groups in total. The number of piperazine rings is 1. The summed E-state index contributed by atoms with van der Waals surface area (Å²) >= 11 is 0. The van der Waals surface area contributed by atoms with E-state index in [0.717, 1.165) is 62.4 Å². The van der Waals surface area contributed by atoms with Gasteiger partial charge in [-0.25, -0.2) is 4.98 Å². The van der Waals surface area contributed by atoms with Crippen LogP contribution in [0.1, 0.15) is 25.1 Å². The largest absolute Gasteiger partial charge is 0.353 e. The van der Waals surface area contributed by atoms with E-state index in [4.69, 9.17) is 4.98 Å². The van der Waals surface area contributed by atoms with Gasteiger partial charge in [0, 0.05) is 64.8 Å². The van der Waals surface area contributed by atoms with Gasteiger partial charge in [-0.3, -0.25) is 19.4 Å². The van der Waals surface area contributed by atoms with Crippen LogP contribution in [0.2, 0.25) is 0 Å². The maximum Gasteiger partial charge on any atom is 0.239 e. The molecule has 2 amide bonds. The van der Waals surface area contributed by atoms with Crippen LogP contribution >= 0.6 is 0 Å². The number of imidazole rings is 1. The highest BCUT2D eigenvalue weighted by Gasteiger charge is 2.45. The number of hydrogen-bond donors (Lipinski definition) is 1. The molecule has 34 heavy (non-hydrogen) atoms. The lowest BCUT2D eigenvalue weighted by Gasteiger charge is -2.34. The Morgan fingerprint density at radius 2 is 1.85 bits per heavy atom. The van der Waals surface area contributed by atoms with E-state index in [9.17, 15) is 9.59 Å². The van der Waals surface area contributed by atoms with Gasteiger partial charge in [-0.1, -0.05) is 12.1 Å². The molecule has 4 heterocycles. The van der Waals surface area contributed by atoms with Crippen molar-refractivity contribution in [2.45, 2.75) is 43.9 Å². The predicted molar refractivity (Wildman–Crippen MR) is 131 cm³/mol. The van der Waals surface area contributed by atoms with Gasteiger partial charge in [0.15, 0.2) is 0 Å². The van der Waals surface area contributed by atoms with E-state index in [0.29, 0.717) is 19.5 Å². The van der Waals surface area contributed by atoms with Gasteiger partial charge in [0.1, 0.15) is 11.9 Å². The highest BCUT2D eigenvalue weighted by Crippen LogP contribution is 2.29. The summed E-state index contributed by atoms with van der Waals surface area (Å²) in [4.78, 5) is 39.7. The Morgan fingerprint density at radius 3 is 2.62 bits per heavy atom. The number of benzene rings is 1. The van der Waals surface area contributed by atoms with E-state index in [1.807, 2.05) is 30.1 Å². The molecule has 1 aromatic carbocycles. The lowest BCUT2D eigenvalue weighted by Crippen LogP contribution is -2.50. The van der Waals surface area contributed by atoms with E-state index >= 15 is 0 Å². The molecule has 9 heteroatoms. The van der Waals surface area contributed by atoms with Gasteiger partial charge in [-0.15, -0.1) is 0 Å². The first-order valence-corrected chi connectivity index (χ1v) is 12.5. The minimum absolute atomic E-state index is 0.0982. The molecule has 3 unspecified atom stereocenters. The number of carbonyl (C=O) groups is 2. The van der Waals surface area contributed by atoms with Crippen molar-refractivity contribution in [3.05, 3.63) is 30.1 Å². The van der Waals surface area contributed by atoms with Gasteiger partial charge >= 0.3 is 0 Å². The summed E-state index contributed by atoms with van der Waals surface area (Å²) < 4.78 is 2.13. The number of para-hydroxylation sites is 2. The number of fused-ring (bicyclic) bond motifs is 2. The number of likely N-dealkylation sites (N-methyl/N-ethyl adjacent to an activating group) is 2. The quantitative estimate of drug-likeness (QED) is 0.690. The molecule has 9 nitrogen and oxygen atoms in total. The first-order valence-electron chi connectivity index (χ1n) is 12.5. The van der Waals surface area contributed by atoms with Crippen molar-refractivity contribution in [2.75, 3.05) is 53.4 Å². The second-order valence-electron chi connectivity index (χ2n) is 10.1. The van der Waals surface area contributed by atoms with Gasteiger partial charge in [0.25, 0.3) is 0 Å². The lowest BCUT2D eigenvalue weighted by atomic mass is 10.0. The first kappa shape index (κ1) is 23.3. The van der Waals surface area contributed by atoms with Crippen molar-refractivity contribution in [1.29, 1.82) is 0 Å². The van der Waals surface area contributed by atoms with Gasteiger partial charge in [0.2, 0.25) is 11.8 Å². The molecule has 0 bridgehead atoms. The number of aromatic nitrogens is 2. The summed E-state index contributed by atoms with van der Waals surface area (Å²) in [6.07, 6.45) is 2.26. The summed E-state index contributed by atoms with van der Waals surface area (Å²) in [5, 5.41) is 3.18. The average molecular weight is 468 g/mol. The number of aryl methyl sites for hydroxylation is 1. The molecule has 1 aromatic heterocycles. The molecular formula is C25H37N7O2. The van der Waals surface area contributed by atoms with Crippen LogP contribution in [-0.2, 0) is 23.2 Å². The monoisotopic (exact) mass is 467 g/mol. The zero-order valence-corrected chi connectivity index (χ0v) is 20.6. The van der Waals surface area contributed by atoms with Crippen molar-refractivity contribution >= 4 is 22.8 Å². The van der Waals surface area contributed by atoms with E-state index < -0.39 is 0 Å². The standard InChI is InChI=1S/C25H37N7O2/c1-28-12-14-31(15-13-28)23(33)9-8-18-16-26-25(34)24-21(29(18)2)10-11-32(24)17-22-27-19-6-4-5-7-20(19)30(22)3/h4-7,18,21,24H,8-17H2,1-3H3,(H,26,34). The van der Waals surface area contributed by atoms with E-state index in [1.54, 1.807) is 0 Å². The van der Waals surface area contributed by atoms with Crippen LogP contribution in [0.3, 0.4) is 0 Å². The summed E-state index contributed by atoms with van der Waals surface area (Å²) in [5.41, 5.74) is 2.10. The Balaban J connectivity index is 1.23. The van der Waals surface area contributed by atoms with Crippen LogP contribution in [-0.4, -0.2) is 112 Å². The minimum atomic E-state index is -0.192. The zero-order chi connectivity index (χ0) is 23.8. The highest BCUT2D eigenvalue weighted by molar-refractivity contribution is 5.83. The molecule has 0 radical (unpaired) electrons. The molecule has 0 aliphatic carbocycles. The number of likely N-dealkylation sites (tertiary alicyclic amines) is 1. The van der Waals surface area contributed by atoms with Crippen molar-refractivity contribution in [3.63, 3.8) is 0 Å². The summed E-state index contributed by atoms with van der Waals surface area (Å²) in [7, 11) is 6.27. The van der Waals surface area contributed by atoms with Crippen molar-refractivity contribution in [2.24, 2.45) is 7.05 Å². The van der Waals surface area contributed by atoms with Gasteiger partial charge < -0.3 is 19.7 Å². The molecule has 184 valence electrons. The summed E-state index contributed by atoms with van der Waals surface area (Å²) in [6.45, 7) is 5.62. The summed E-state index contributed by atoms with van der Waals surface area (Å²) in [6, 6.07) is 8.29. The summed E-state index contributed by atoms with van der Waals surface area (Å²) in [5.74, 6) is 1.32. The second-order valence-corrected chi connectivity index (χ2v) is 10.1. The van der Waals surface area contributed by atoms with Gasteiger partial charge in [0.05, 0.1) is 17.6 Å². The molecule has 3 atom stereocenters. The molecule has 3 aliphatic rings. The van der Waals surface area contributed by atoms with Crippen molar-refractivity contribution in [1.82, 2.24) is 34.5 Å². The molecule has 5 rings (SSSR count). The van der Waals surface area contributed by atoms with Crippen molar-refractivity contribution in [3.8, 4) is 0 Å². The van der Waals surface area contributed by atoms with Gasteiger partial charge in [-0.2, -0.15) is 0 Å². The minimum Gasteiger partial charge on any atom is -0.353 e. The topological polar surface area (TPSA) is 77.0 Å². The molecule has 0 saturated carbocycles. The third kappa shape index (κ3) is 4.44. The fourth-order valence-corrected chi connectivity index (χ4v) is 5.85. The third-order valence-electron chi connectivity index (χ3n) is 8.12. The van der Waals surface area contributed by atoms with Crippen LogP contribution in [0.5, 0.6) is 0 Å². The SMILES string of the molecule is CN1CCN(C(=O)CCC2CNC(=O)C3C(CCN3Cc3nc4ccccc4n3C)N2C)CC1. The lowest BCUT2D eigenvalue weighted by molar-refractivity contribution is -0.133. The molecular weight excluding hydrogens is 430 g/mol. The normalized spacial score (nSPS) is 27.1. The number of carbonyl (C=O) groups excluding carboxylic acids is 2. The molecule has 3 saturated heterocycles. The van der Waals surface area contributed by atoms with E-state index in [2.05, 4.69) is 44.7 Å². The Kier molecular flexibility index (Phi) is 6.59. The fraction of sp³-hybridized carbons (Fsp3) is 0.640. The number of nitrogens with one attached hydrogen (secondary N) is 1. The number of amides is 2. The fourth-order valence-electron chi connectivity index (χ4n) is 5.85. The average Bonchev–Trinajstić information content (AvgIpc) is 3.37. The molecule has 3 fully saturated rings. The zero-order valence-electron chi connectivity index (χ0n) is 20.6. The molecule has 0 spiro atoms. The Labute approximate surface area is 201 Å². The van der Waals surface area contributed by atoms with E-state index in [-0.39, 0.29) is 29.9 Å². The third-order valence-corrected chi connectivity index (χ3v) is 8.12. The van der Waals surface area contributed by atoms with E-state index in [1.165, 1.54) is 0 Å². The number of rotatable bonds is 5. The van der Waals surface area contributed by atoms with Crippen LogP contribution < -0.4 is 5.32 Å². The van der Waals surface area contributed by atoms with Crippen LogP contribution in [0.25, 0.3) is 11.0 Å². The number of nitrogens with zero attached hydrogens (tertiary/aromatic N) is 6. The Morgan fingerprint density at radius 1 is 1.09 bits per heavy atom. The van der Waals surface area contributed by atoms with Crippen LogP contribution in [0.15, 0.2) is 24.3 Å². The maximum absolute atomic E-state index is 13.2. The number of hydrogen-bond acceptors (Lipinski definition) is 6. The smallest absolute Gasteiger partial charge is 0.239 e. The molecule has 2 aromatic rings. The van der Waals surface area contributed by atoms with Crippen molar-refractivity contribution < 1.29 is 9.59 Å². The van der Waals surface area contributed by atoms with Crippen LogP contribution in [0, 0.1) is 0 Å². The Hall–Kier alpha value is -2.49. The Bertz CT molecular complexity index is 1050. The first-order chi connectivity index (χ1) is 16.4. The predicted octanol–water partition coefficient (Wildman–Crippen LogP) is 0.501. The van der Waals surface area contributed by atoms with Crippen LogP contribution in [0.4, 0.5) is 0 Å². The molecule has 3 aliphatic heterocycles. The van der Waals surface area contributed by atoms with Gasteiger partial charge in [-0.05, 0) is 39.1 Å². The highest BCUT2D eigenvalue weighted by atomic mass is 16.2.